The van der Waals surface area contributed by atoms with Gasteiger partial charge in [0.25, 0.3) is 0 Å². The van der Waals surface area contributed by atoms with Crippen LogP contribution >= 0.6 is 11.6 Å². The molecule has 1 unspecified atom stereocenters. The first-order chi connectivity index (χ1) is 6.63. The lowest BCUT2D eigenvalue weighted by Crippen LogP contribution is -2.17. The van der Waals surface area contributed by atoms with Gasteiger partial charge in [0, 0.05) is 6.54 Å². The zero-order valence-corrected chi connectivity index (χ0v) is 9.58. The number of halogens is 1. The lowest BCUT2D eigenvalue weighted by Gasteiger charge is -2.15. The molecule has 0 aliphatic heterocycles. The second-order valence-electron chi connectivity index (χ2n) is 3.51. The summed E-state index contributed by atoms with van der Waals surface area (Å²) in [5.41, 5.74) is 1.10. The molecule has 0 bridgehead atoms. The number of methoxy groups -OCH3 is 1. The number of hydrogen-bond donors (Lipinski definition) is 0. The third-order valence-electron chi connectivity index (χ3n) is 1.98. The number of likely N-dealkylation sites (N-methyl/N-ethyl adjacent to an activating group) is 1. The summed E-state index contributed by atoms with van der Waals surface area (Å²) in [5, 5.41) is 0.0140. The number of nitrogens with zero attached hydrogens (tertiary/aromatic N) is 1. The van der Waals surface area contributed by atoms with Crippen molar-refractivity contribution < 1.29 is 4.74 Å². The number of rotatable bonds is 4. The average Bonchev–Trinajstić information content (AvgIpc) is 2.17. The number of hydrogen-bond acceptors (Lipinski definition) is 2. The molecule has 0 aliphatic carbocycles. The molecule has 1 aromatic carbocycles. The zero-order valence-electron chi connectivity index (χ0n) is 8.83. The van der Waals surface area contributed by atoms with Gasteiger partial charge in [-0.1, -0.05) is 12.1 Å². The summed E-state index contributed by atoms with van der Waals surface area (Å²) in [6.45, 7) is 0.828. The summed E-state index contributed by atoms with van der Waals surface area (Å²) < 4.78 is 5.14. The van der Waals surface area contributed by atoms with E-state index in [-0.39, 0.29) is 5.38 Å². The van der Waals surface area contributed by atoms with E-state index in [2.05, 4.69) is 4.90 Å². The van der Waals surface area contributed by atoms with Crippen LogP contribution in [0.5, 0.6) is 5.75 Å². The normalized spacial score (nSPS) is 12.9. The Morgan fingerprint density at radius 2 is 2.14 bits per heavy atom. The van der Waals surface area contributed by atoms with Gasteiger partial charge in [-0.2, -0.15) is 0 Å². The summed E-state index contributed by atoms with van der Waals surface area (Å²) in [6.07, 6.45) is 0. The van der Waals surface area contributed by atoms with Gasteiger partial charge in [-0.25, -0.2) is 0 Å². The minimum absolute atomic E-state index is 0.0140. The maximum absolute atomic E-state index is 6.23. The predicted molar refractivity (Wildman–Crippen MR) is 60.1 cm³/mol. The van der Waals surface area contributed by atoms with Crippen molar-refractivity contribution in [3.05, 3.63) is 29.8 Å². The molecule has 2 nitrogen and oxygen atoms in total. The van der Waals surface area contributed by atoms with Gasteiger partial charge in [-0.3, -0.25) is 0 Å². The highest BCUT2D eigenvalue weighted by Crippen LogP contribution is 2.24. The van der Waals surface area contributed by atoms with E-state index in [1.807, 2.05) is 38.4 Å². The standard InChI is InChI=1S/C11H16ClNO/c1-13(2)8-11(12)9-5-4-6-10(7-9)14-3/h4-7,11H,8H2,1-3H3. The van der Waals surface area contributed by atoms with Crippen LogP contribution in [0.15, 0.2) is 24.3 Å². The van der Waals surface area contributed by atoms with Gasteiger partial charge in [0.05, 0.1) is 12.5 Å². The minimum Gasteiger partial charge on any atom is -0.497 e. The highest BCUT2D eigenvalue weighted by Gasteiger charge is 2.09. The molecule has 1 aromatic rings. The lowest BCUT2D eigenvalue weighted by atomic mass is 10.1. The lowest BCUT2D eigenvalue weighted by molar-refractivity contribution is 0.403. The summed E-state index contributed by atoms with van der Waals surface area (Å²) in [7, 11) is 5.68. The van der Waals surface area contributed by atoms with Crippen LogP contribution in [0, 0.1) is 0 Å². The Kier molecular flexibility index (Phi) is 4.23. The number of alkyl halides is 1. The maximum Gasteiger partial charge on any atom is 0.119 e. The molecular weight excluding hydrogens is 198 g/mol. The third-order valence-corrected chi connectivity index (χ3v) is 2.37. The van der Waals surface area contributed by atoms with E-state index >= 15 is 0 Å². The maximum atomic E-state index is 6.23. The Hall–Kier alpha value is -0.730. The van der Waals surface area contributed by atoms with E-state index in [0.29, 0.717) is 0 Å². The van der Waals surface area contributed by atoms with Crippen molar-refractivity contribution in [2.45, 2.75) is 5.38 Å². The molecule has 1 atom stereocenters. The number of benzene rings is 1. The van der Waals surface area contributed by atoms with Crippen molar-refractivity contribution in [1.29, 1.82) is 0 Å². The molecule has 0 saturated carbocycles. The van der Waals surface area contributed by atoms with Crippen molar-refractivity contribution in [1.82, 2.24) is 4.90 Å². The largest absolute Gasteiger partial charge is 0.497 e. The van der Waals surface area contributed by atoms with Crippen LogP contribution in [0.4, 0.5) is 0 Å². The minimum atomic E-state index is 0.0140. The summed E-state index contributed by atoms with van der Waals surface area (Å²) in [6, 6.07) is 7.87. The van der Waals surface area contributed by atoms with Crippen molar-refractivity contribution >= 4 is 11.6 Å². The summed E-state index contributed by atoms with van der Waals surface area (Å²) in [5.74, 6) is 0.854. The van der Waals surface area contributed by atoms with Gasteiger partial charge in [-0.05, 0) is 31.8 Å². The molecule has 14 heavy (non-hydrogen) atoms. The van der Waals surface area contributed by atoms with Gasteiger partial charge in [0.15, 0.2) is 0 Å². The molecule has 0 saturated heterocycles. The Balaban J connectivity index is 2.73. The molecule has 3 heteroatoms. The Morgan fingerprint density at radius 3 is 2.71 bits per heavy atom. The first kappa shape index (κ1) is 11.3. The average molecular weight is 214 g/mol. The molecule has 0 radical (unpaired) electrons. The molecule has 0 amide bonds. The van der Waals surface area contributed by atoms with Crippen LogP contribution in [-0.2, 0) is 0 Å². The fourth-order valence-corrected chi connectivity index (χ4v) is 1.67. The van der Waals surface area contributed by atoms with E-state index in [4.69, 9.17) is 16.3 Å². The summed E-state index contributed by atoms with van der Waals surface area (Å²) in [4.78, 5) is 2.07. The van der Waals surface area contributed by atoms with Crippen LogP contribution in [0.3, 0.4) is 0 Å². The fraction of sp³-hybridized carbons (Fsp3) is 0.455. The Labute approximate surface area is 90.4 Å². The van der Waals surface area contributed by atoms with E-state index in [9.17, 15) is 0 Å². The molecule has 0 heterocycles. The SMILES string of the molecule is COc1cccc(C(Cl)CN(C)C)c1. The molecule has 0 spiro atoms. The van der Waals surface area contributed by atoms with Gasteiger partial charge in [0.2, 0.25) is 0 Å². The van der Waals surface area contributed by atoms with Gasteiger partial charge in [0.1, 0.15) is 5.75 Å². The highest BCUT2D eigenvalue weighted by atomic mass is 35.5. The van der Waals surface area contributed by atoms with Gasteiger partial charge < -0.3 is 9.64 Å². The zero-order chi connectivity index (χ0) is 10.6. The van der Waals surface area contributed by atoms with Crippen molar-refractivity contribution in [2.75, 3.05) is 27.7 Å². The molecular formula is C11H16ClNO. The molecule has 78 valence electrons. The second-order valence-corrected chi connectivity index (χ2v) is 4.03. The van der Waals surface area contributed by atoms with Crippen molar-refractivity contribution in [2.24, 2.45) is 0 Å². The van der Waals surface area contributed by atoms with E-state index in [1.165, 1.54) is 0 Å². The Morgan fingerprint density at radius 1 is 1.43 bits per heavy atom. The van der Waals surface area contributed by atoms with Crippen LogP contribution < -0.4 is 4.74 Å². The highest BCUT2D eigenvalue weighted by molar-refractivity contribution is 6.21. The molecule has 0 N–H and O–H groups in total. The second kappa shape index (κ2) is 5.23. The fourth-order valence-electron chi connectivity index (χ4n) is 1.26. The van der Waals surface area contributed by atoms with E-state index < -0.39 is 0 Å². The van der Waals surface area contributed by atoms with Crippen molar-refractivity contribution in [3.63, 3.8) is 0 Å². The van der Waals surface area contributed by atoms with Crippen molar-refractivity contribution in [3.8, 4) is 5.75 Å². The predicted octanol–water partition coefficient (Wildman–Crippen LogP) is 2.54. The van der Waals surface area contributed by atoms with Crippen LogP contribution in [0.1, 0.15) is 10.9 Å². The summed E-state index contributed by atoms with van der Waals surface area (Å²) >= 11 is 6.23. The van der Waals surface area contributed by atoms with Crippen LogP contribution in [0.2, 0.25) is 0 Å². The molecule has 1 rings (SSSR count). The van der Waals surface area contributed by atoms with Crippen LogP contribution in [-0.4, -0.2) is 32.6 Å². The molecule has 0 aromatic heterocycles. The quantitative estimate of drug-likeness (QED) is 0.713. The Bertz CT molecular complexity index is 288. The smallest absolute Gasteiger partial charge is 0.119 e. The first-order valence-corrected chi connectivity index (χ1v) is 5.00. The van der Waals surface area contributed by atoms with E-state index in [1.54, 1.807) is 7.11 Å². The van der Waals surface area contributed by atoms with E-state index in [0.717, 1.165) is 17.9 Å². The molecule has 0 aliphatic rings. The number of ether oxygens (including phenoxy) is 1. The van der Waals surface area contributed by atoms with Crippen LogP contribution in [0.25, 0.3) is 0 Å². The first-order valence-electron chi connectivity index (χ1n) is 4.56. The van der Waals surface area contributed by atoms with Gasteiger partial charge >= 0.3 is 0 Å². The topological polar surface area (TPSA) is 12.5 Å². The third kappa shape index (κ3) is 3.20. The van der Waals surface area contributed by atoms with Gasteiger partial charge in [-0.15, -0.1) is 11.6 Å². The molecule has 0 fully saturated rings. The monoisotopic (exact) mass is 213 g/mol.